The van der Waals surface area contributed by atoms with E-state index in [1.54, 1.807) is 11.8 Å². The van der Waals surface area contributed by atoms with E-state index < -0.39 is 0 Å². The standard InChI is InChI=1S/C28H25ClN4OS/c1-32-23-10-5-3-8-21(23)26(25-20-7-2-4-9-22(20)31-27(25)32)30-15-6-16-33-24(34)17-35-28(33)18-11-13-19(29)14-12-18/h2-5,7-14,28,31H,6,15-17H2,1H3. The summed E-state index contributed by atoms with van der Waals surface area (Å²) < 4.78 is 2.21. The molecule has 3 heterocycles. The zero-order chi connectivity index (χ0) is 23.9. The molecule has 1 amide bonds. The van der Waals surface area contributed by atoms with Crippen molar-refractivity contribution in [3.05, 3.63) is 88.7 Å². The maximum absolute atomic E-state index is 12.6. The predicted octanol–water partition coefficient (Wildman–Crippen LogP) is 6.03. The monoisotopic (exact) mass is 500 g/mol. The lowest BCUT2D eigenvalue weighted by Crippen LogP contribution is -2.29. The van der Waals surface area contributed by atoms with E-state index in [2.05, 4.69) is 65.1 Å². The summed E-state index contributed by atoms with van der Waals surface area (Å²) >= 11 is 7.74. The molecule has 3 aromatic carbocycles. The lowest BCUT2D eigenvalue weighted by Gasteiger charge is -2.24. The minimum Gasteiger partial charge on any atom is -0.341 e. The fourth-order valence-electron chi connectivity index (χ4n) is 5.04. The predicted molar refractivity (Wildman–Crippen MR) is 146 cm³/mol. The third-order valence-electron chi connectivity index (χ3n) is 6.73. The van der Waals surface area contributed by atoms with Gasteiger partial charge in [0.2, 0.25) is 5.91 Å². The molecule has 176 valence electrons. The van der Waals surface area contributed by atoms with Crippen molar-refractivity contribution in [3.8, 4) is 0 Å². The molecule has 35 heavy (non-hydrogen) atoms. The van der Waals surface area contributed by atoms with Gasteiger partial charge in [0.05, 0.1) is 22.0 Å². The highest BCUT2D eigenvalue weighted by Gasteiger charge is 2.32. The van der Waals surface area contributed by atoms with E-state index in [0.717, 1.165) is 44.8 Å². The summed E-state index contributed by atoms with van der Waals surface area (Å²) in [5, 5.41) is 5.23. The molecule has 0 bridgehead atoms. The van der Waals surface area contributed by atoms with Gasteiger partial charge in [-0.2, -0.15) is 0 Å². The molecule has 1 saturated heterocycles. The van der Waals surface area contributed by atoms with Crippen molar-refractivity contribution < 1.29 is 4.79 Å². The summed E-state index contributed by atoms with van der Waals surface area (Å²) in [4.78, 5) is 23.3. The number of aromatic amines is 1. The lowest BCUT2D eigenvalue weighted by molar-refractivity contribution is -0.128. The zero-order valence-electron chi connectivity index (χ0n) is 19.4. The Morgan fingerprint density at radius 1 is 1.03 bits per heavy atom. The molecular formula is C28H25ClN4OS. The van der Waals surface area contributed by atoms with Gasteiger partial charge in [-0.05, 0) is 36.2 Å². The van der Waals surface area contributed by atoms with Crippen LogP contribution in [-0.2, 0) is 11.8 Å². The van der Waals surface area contributed by atoms with E-state index >= 15 is 0 Å². The zero-order valence-corrected chi connectivity index (χ0v) is 20.9. The molecule has 0 radical (unpaired) electrons. The molecule has 5 aromatic rings. The van der Waals surface area contributed by atoms with Crippen LogP contribution in [0.2, 0.25) is 5.02 Å². The van der Waals surface area contributed by atoms with E-state index in [9.17, 15) is 4.79 Å². The first-order valence-electron chi connectivity index (χ1n) is 11.8. The number of carbonyl (C=O) groups is 1. The van der Waals surface area contributed by atoms with Crippen LogP contribution in [0.15, 0.2) is 77.8 Å². The number of aromatic nitrogens is 2. The highest BCUT2D eigenvalue weighted by atomic mass is 35.5. The first-order chi connectivity index (χ1) is 17.1. The van der Waals surface area contributed by atoms with Crippen molar-refractivity contribution >= 4 is 62.1 Å². The molecule has 5 nitrogen and oxygen atoms in total. The Labute approximate surface area is 212 Å². The molecule has 1 aliphatic rings. The second-order valence-electron chi connectivity index (χ2n) is 8.86. The second kappa shape index (κ2) is 9.10. The Kier molecular flexibility index (Phi) is 5.78. The lowest BCUT2D eigenvalue weighted by atomic mass is 10.1. The van der Waals surface area contributed by atoms with Gasteiger partial charge in [0.1, 0.15) is 11.0 Å². The van der Waals surface area contributed by atoms with Gasteiger partial charge in [-0.1, -0.05) is 60.1 Å². The summed E-state index contributed by atoms with van der Waals surface area (Å²) in [5.41, 5.74) is 4.43. The van der Waals surface area contributed by atoms with Crippen LogP contribution < -0.4 is 5.36 Å². The Morgan fingerprint density at radius 2 is 1.77 bits per heavy atom. The van der Waals surface area contributed by atoms with Gasteiger partial charge >= 0.3 is 0 Å². The second-order valence-corrected chi connectivity index (χ2v) is 10.4. The number of halogens is 1. The molecule has 1 fully saturated rings. The van der Waals surface area contributed by atoms with Crippen molar-refractivity contribution in [2.24, 2.45) is 12.0 Å². The Bertz CT molecular complexity index is 1640. The number of hydrogen-bond donors (Lipinski definition) is 1. The fraction of sp³-hybridized carbons (Fsp3) is 0.214. The molecule has 1 unspecified atom stereocenters. The highest BCUT2D eigenvalue weighted by Crippen LogP contribution is 2.38. The van der Waals surface area contributed by atoms with E-state index in [4.69, 9.17) is 16.6 Å². The van der Waals surface area contributed by atoms with E-state index in [1.165, 1.54) is 5.39 Å². The number of carbonyl (C=O) groups excluding carboxylic acids is 1. The quantitative estimate of drug-likeness (QED) is 0.299. The van der Waals surface area contributed by atoms with Crippen LogP contribution in [0, 0.1) is 0 Å². The number of rotatable bonds is 5. The number of hydrogen-bond acceptors (Lipinski definition) is 3. The Morgan fingerprint density at radius 3 is 2.60 bits per heavy atom. The van der Waals surface area contributed by atoms with Crippen LogP contribution in [0.5, 0.6) is 0 Å². The summed E-state index contributed by atoms with van der Waals surface area (Å²) in [6.07, 6.45) is 0.801. The van der Waals surface area contributed by atoms with Crippen molar-refractivity contribution in [1.29, 1.82) is 0 Å². The largest absolute Gasteiger partial charge is 0.341 e. The van der Waals surface area contributed by atoms with Crippen LogP contribution in [0.3, 0.4) is 0 Å². The number of para-hydroxylation sites is 2. The topological polar surface area (TPSA) is 53.4 Å². The average Bonchev–Trinajstić information content (AvgIpc) is 3.45. The van der Waals surface area contributed by atoms with Gasteiger partial charge in [-0.15, -0.1) is 11.8 Å². The number of thioether (sulfide) groups is 1. The first-order valence-corrected chi connectivity index (χ1v) is 13.2. The number of aryl methyl sites for hydroxylation is 1. The summed E-state index contributed by atoms with van der Waals surface area (Å²) in [6.45, 7) is 1.33. The van der Waals surface area contributed by atoms with Crippen LogP contribution >= 0.6 is 23.4 Å². The van der Waals surface area contributed by atoms with Crippen molar-refractivity contribution in [3.63, 3.8) is 0 Å². The number of benzene rings is 3. The number of nitrogens with zero attached hydrogens (tertiary/aromatic N) is 3. The van der Waals surface area contributed by atoms with Gasteiger partial charge in [-0.25, -0.2) is 0 Å². The van der Waals surface area contributed by atoms with Crippen LogP contribution in [0.4, 0.5) is 0 Å². The molecule has 1 N–H and O–H groups in total. The smallest absolute Gasteiger partial charge is 0.233 e. The van der Waals surface area contributed by atoms with Crippen molar-refractivity contribution in [2.45, 2.75) is 11.8 Å². The molecule has 2 aromatic heterocycles. The third kappa shape index (κ3) is 3.91. The van der Waals surface area contributed by atoms with Crippen LogP contribution in [-0.4, -0.2) is 39.2 Å². The van der Waals surface area contributed by atoms with E-state index in [0.29, 0.717) is 23.9 Å². The number of pyridine rings is 1. The molecule has 0 spiro atoms. The number of fused-ring (bicyclic) bond motifs is 4. The van der Waals surface area contributed by atoms with Crippen LogP contribution in [0.1, 0.15) is 17.4 Å². The third-order valence-corrected chi connectivity index (χ3v) is 8.24. The summed E-state index contributed by atoms with van der Waals surface area (Å²) in [5.74, 6) is 0.700. The maximum Gasteiger partial charge on any atom is 0.233 e. The van der Waals surface area contributed by atoms with E-state index in [1.807, 2.05) is 29.2 Å². The fourth-order valence-corrected chi connectivity index (χ4v) is 6.38. The van der Waals surface area contributed by atoms with Gasteiger partial charge in [0.25, 0.3) is 0 Å². The van der Waals surface area contributed by atoms with Gasteiger partial charge in [0.15, 0.2) is 0 Å². The minimum absolute atomic E-state index is 0.0386. The number of nitrogens with one attached hydrogen (secondary N) is 1. The minimum atomic E-state index is 0.0386. The van der Waals surface area contributed by atoms with E-state index in [-0.39, 0.29) is 11.3 Å². The summed E-state index contributed by atoms with van der Waals surface area (Å²) in [6, 6.07) is 24.6. The SMILES string of the molecule is Cn1c2ccccc2c(=NCCCN2C(=O)CSC2c2ccc(Cl)cc2)c2c3ccccc3[nH]c21. The highest BCUT2D eigenvalue weighted by molar-refractivity contribution is 8.00. The first kappa shape index (κ1) is 22.3. The van der Waals surface area contributed by atoms with Crippen molar-refractivity contribution in [2.75, 3.05) is 18.8 Å². The summed E-state index contributed by atoms with van der Waals surface area (Å²) in [7, 11) is 2.09. The molecule has 7 heteroatoms. The molecule has 0 aliphatic carbocycles. The van der Waals surface area contributed by atoms with Gasteiger partial charge in [0, 0.05) is 41.4 Å². The van der Waals surface area contributed by atoms with Gasteiger partial charge < -0.3 is 14.5 Å². The average molecular weight is 501 g/mol. The normalized spacial score (nSPS) is 16.9. The number of H-pyrrole nitrogens is 1. The molecular weight excluding hydrogens is 476 g/mol. The van der Waals surface area contributed by atoms with Gasteiger partial charge in [-0.3, -0.25) is 9.79 Å². The molecule has 1 atom stereocenters. The van der Waals surface area contributed by atoms with Crippen LogP contribution in [0.25, 0.3) is 32.8 Å². The Hall–Kier alpha value is -3.22. The molecule has 0 saturated carbocycles. The number of amides is 1. The molecule has 6 rings (SSSR count). The maximum atomic E-state index is 12.6. The van der Waals surface area contributed by atoms with Crippen molar-refractivity contribution in [1.82, 2.24) is 14.5 Å². The molecule has 1 aliphatic heterocycles. The Balaban J connectivity index is 1.34.